The molecule has 0 aliphatic heterocycles. The molecular formula is C9H18S2. The summed E-state index contributed by atoms with van der Waals surface area (Å²) in [5.74, 6) is 0.904. The second kappa shape index (κ2) is 12.9. The molecule has 0 unspecified atom stereocenters. The highest BCUT2D eigenvalue weighted by Gasteiger charge is 1.90. The van der Waals surface area contributed by atoms with Crippen LogP contribution in [0.15, 0.2) is 0 Å². The van der Waals surface area contributed by atoms with Crippen molar-refractivity contribution >= 4 is 28.7 Å². The molecule has 0 spiro atoms. The first kappa shape index (κ1) is 13.8. The van der Waals surface area contributed by atoms with E-state index in [0.29, 0.717) is 0 Å². The maximum atomic E-state index is 3.96. The first-order valence-corrected chi connectivity index (χ1v) is 4.99. The van der Waals surface area contributed by atoms with Gasteiger partial charge in [0.15, 0.2) is 0 Å². The molecule has 66 valence electrons. The summed E-state index contributed by atoms with van der Waals surface area (Å²) in [4.78, 5) is 0. The Morgan fingerprint density at radius 3 is 1.91 bits per heavy atom. The first-order valence-electron chi connectivity index (χ1n) is 4.18. The summed E-state index contributed by atoms with van der Waals surface area (Å²) >= 11 is 7.92. The Bertz CT molecular complexity index is 91.7. The number of thiocarbonyl (C=S) groups is 2. The van der Waals surface area contributed by atoms with Crippen LogP contribution in [0, 0.1) is 5.92 Å². The first-order chi connectivity index (χ1) is 5.18. The lowest BCUT2D eigenvalue weighted by atomic mass is 10.1. The van der Waals surface area contributed by atoms with E-state index >= 15 is 0 Å². The van der Waals surface area contributed by atoms with Crippen molar-refractivity contribution in [2.45, 2.75) is 46.5 Å². The molecule has 0 aromatic carbocycles. The van der Waals surface area contributed by atoms with E-state index in [9.17, 15) is 0 Å². The average Bonchev–Trinajstić information content (AvgIpc) is 1.89. The molecule has 0 aliphatic carbocycles. The Balaban J connectivity index is 0. The third kappa shape index (κ3) is 25.3. The zero-order valence-corrected chi connectivity index (χ0v) is 9.36. The van der Waals surface area contributed by atoms with Crippen LogP contribution < -0.4 is 0 Å². The predicted molar refractivity (Wildman–Crippen MR) is 59.2 cm³/mol. The van der Waals surface area contributed by atoms with Crippen LogP contribution in [-0.4, -0.2) is 4.31 Å². The minimum atomic E-state index is 0.904. The second-order valence-electron chi connectivity index (χ2n) is 2.97. The second-order valence-corrected chi connectivity index (χ2v) is 3.64. The van der Waals surface area contributed by atoms with Crippen molar-refractivity contribution in [3.63, 3.8) is 0 Å². The standard InChI is InChI=1S/C8H18.CS2/c1-4-5-6-7-8(2)3;2-1-3/h8H,4-7H2,1-3H3;. The van der Waals surface area contributed by atoms with Crippen LogP contribution in [0.2, 0.25) is 0 Å². The summed E-state index contributed by atoms with van der Waals surface area (Å²) in [6.07, 6.45) is 5.60. The van der Waals surface area contributed by atoms with Crippen molar-refractivity contribution in [1.29, 1.82) is 0 Å². The fourth-order valence-corrected chi connectivity index (χ4v) is 0.803. The Hall–Kier alpha value is 0.220. The van der Waals surface area contributed by atoms with E-state index in [-0.39, 0.29) is 0 Å². The molecule has 0 saturated heterocycles. The summed E-state index contributed by atoms with van der Waals surface area (Å²) < 4.78 is 1.92. The van der Waals surface area contributed by atoms with Crippen LogP contribution in [0.1, 0.15) is 46.5 Å². The van der Waals surface area contributed by atoms with E-state index in [0.717, 1.165) is 5.92 Å². The van der Waals surface area contributed by atoms with Crippen molar-refractivity contribution in [3.05, 3.63) is 0 Å². The molecule has 0 bridgehead atoms. The van der Waals surface area contributed by atoms with Crippen molar-refractivity contribution < 1.29 is 0 Å². The molecular weight excluding hydrogens is 172 g/mol. The van der Waals surface area contributed by atoms with Crippen LogP contribution in [-0.2, 0) is 0 Å². The average molecular weight is 190 g/mol. The van der Waals surface area contributed by atoms with Crippen molar-refractivity contribution in [2.75, 3.05) is 0 Å². The fraction of sp³-hybridized carbons (Fsp3) is 0.889. The molecule has 0 aliphatic rings. The number of unbranched alkanes of at least 4 members (excludes halogenated alkanes) is 2. The Labute approximate surface area is 81.4 Å². The van der Waals surface area contributed by atoms with Crippen LogP contribution >= 0.6 is 24.4 Å². The molecule has 0 fully saturated rings. The lowest BCUT2D eigenvalue weighted by Gasteiger charge is -2.00. The largest absolute Gasteiger partial charge is 0.0654 e. The van der Waals surface area contributed by atoms with Gasteiger partial charge in [-0.05, 0) is 30.4 Å². The lowest BCUT2D eigenvalue weighted by molar-refractivity contribution is 0.534. The quantitative estimate of drug-likeness (QED) is 0.480. The molecule has 0 amide bonds. The van der Waals surface area contributed by atoms with E-state index in [1.165, 1.54) is 25.7 Å². The lowest BCUT2D eigenvalue weighted by Crippen LogP contribution is -1.85. The van der Waals surface area contributed by atoms with Gasteiger partial charge in [-0.2, -0.15) is 0 Å². The van der Waals surface area contributed by atoms with Gasteiger partial charge >= 0.3 is 0 Å². The van der Waals surface area contributed by atoms with Gasteiger partial charge in [-0.1, -0.05) is 46.5 Å². The maximum absolute atomic E-state index is 3.96. The molecule has 0 saturated carbocycles. The molecule has 11 heavy (non-hydrogen) atoms. The highest BCUT2D eigenvalue weighted by Crippen LogP contribution is 2.06. The molecule has 0 aromatic rings. The third-order valence-electron chi connectivity index (χ3n) is 1.39. The third-order valence-corrected chi connectivity index (χ3v) is 1.39. The Morgan fingerprint density at radius 1 is 1.18 bits per heavy atom. The van der Waals surface area contributed by atoms with Crippen molar-refractivity contribution in [2.24, 2.45) is 5.92 Å². The summed E-state index contributed by atoms with van der Waals surface area (Å²) in [6.45, 7) is 6.83. The summed E-state index contributed by atoms with van der Waals surface area (Å²) in [5, 5.41) is 0. The topological polar surface area (TPSA) is 0 Å². The minimum Gasteiger partial charge on any atom is -0.0654 e. The zero-order valence-electron chi connectivity index (χ0n) is 7.72. The summed E-state index contributed by atoms with van der Waals surface area (Å²) in [7, 11) is 0. The fourth-order valence-electron chi connectivity index (χ4n) is 0.803. The van der Waals surface area contributed by atoms with E-state index in [1.54, 1.807) is 0 Å². The molecule has 0 rings (SSSR count). The van der Waals surface area contributed by atoms with Crippen LogP contribution in [0.3, 0.4) is 0 Å². The van der Waals surface area contributed by atoms with E-state index in [2.05, 4.69) is 45.2 Å². The Kier molecular flexibility index (Phi) is 16.1. The van der Waals surface area contributed by atoms with Gasteiger partial charge in [-0.15, -0.1) is 0 Å². The van der Waals surface area contributed by atoms with Crippen LogP contribution in [0.5, 0.6) is 0 Å². The highest BCUT2D eigenvalue weighted by atomic mass is 32.1. The SMILES string of the molecule is CCCCCC(C)C.S=C=S. The van der Waals surface area contributed by atoms with E-state index in [1.807, 2.05) is 4.31 Å². The minimum absolute atomic E-state index is 0.904. The van der Waals surface area contributed by atoms with E-state index < -0.39 is 0 Å². The molecule has 0 N–H and O–H groups in total. The van der Waals surface area contributed by atoms with Gasteiger partial charge < -0.3 is 0 Å². The number of rotatable bonds is 4. The van der Waals surface area contributed by atoms with Crippen molar-refractivity contribution in [1.82, 2.24) is 0 Å². The maximum Gasteiger partial charge on any atom is 0.0297 e. The van der Waals surface area contributed by atoms with Gasteiger partial charge in [0.2, 0.25) is 0 Å². The van der Waals surface area contributed by atoms with E-state index in [4.69, 9.17) is 0 Å². The molecule has 0 atom stereocenters. The highest BCUT2D eigenvalue weighted by molar-refractivity contribution is 7.93. The van der Waals surface area contributed by atoms with Gasteiger partial charge in [-0.25, -0.2) is 0 Å². The van der Waals surface area contributed by atoms with Gasteiger partial charge in [0.05, 0.1) is 0 Å². The van der Waals surface area contributed by atoms with Crippen molar-refractivity contribution in [3.8, 4) is 0 Å². The van der Waals surface area contributed by atoms with Crippen LogP contribution in [0.4, 0.5) is 0 Å². The number of hydrogen-bond donors (Lipinski definition) is 0. The van der Waals surface area contributed by atoms with Crippen LogP contribution in [0.25, 0.3) is 0 Å². The summed E-state index contributed by atoms with van der Waals surface area (Å²) in [5.41, 5.74) is 0. The zero-order chi connectivity index (χ0) is 9.11. The Morgan fingerprint density at radius 2 is 1.64 bits per heavy atom. The van der Waals surface area contributed by atoms with Gasteiger partial charge in [0.1, 0.15) is 0 Å². The van der Waals surface area contributed by atoms with Gasteiger partial charge in [0.25, 0.3) is 0 Å². The number of hydrogen-bond acceptors (Lipinski definition) is 2. The predicted octanol–water partition coefficient (Wildman–Crippen LogP) is 4.24. The molecule has 0 aromatic heterocycles. The molecule has 0 nitrogen and oxygen atoms in total. The summed E-state index contributed by atoms with van der Waals surface area (Å²) in [6, 6.07) is 0. The molecule has 2 heteroatoms. The molecule has 0 radical (unpaired) electrons. The van der Waals surface area contributed by atoms with Gasteiger partial charge in [-0.3, -0.25) is 0 Å². The normalized spacial score (nSPS) is 8.36. The smallest absolute Gasteiger partial charge is 0.0297 e. The van der Waals surface area contributed by atoms with Gasteiger partial charge in [0, 0.05) is 4.31 Å². The molecule has 0 heterocycles. The monoisotopic (exact) mass is 190 g/mol.